The third kappa shape index (κ3) is 3.75. The first-order valence-corrected chi connectivity index (χ1v) is 8.16. The van der Waals surface area contributed by atoms with E-state index in [4.69, 9.17) is 4.74 Å². The van der Waals surface area contributed by atoms with Crippen LogP contribution in [0.15, 0.2) is 24.5 Å². The van der Waals surface area contributed by atoms with Crippen LogP contribution < -0.4 is 10.1 Å². The number of hydrogen-bond acceptors (Lipinski definition) is 4. The first-order chi connectivity index (χ1) is 11.3. The van der Waals surface area contributed by atoms with Gasteiger partial charge >= 0.3 is 0 Å². The van der Waals surface area contributed by atoms with Crippen molar-refractivity contribution < 1.29 is 9.53 Å². The highest BCUT2D eigenvalue weighted by atomic mass is 16.5. The summed E-state index contributed by atoms with van der Waals surface area (Å²) in [6.07, 6.45) is 2.21. The Kier molecular flexibility index (Phi) is 5.26. The summed E-state index contributed by atoms with van der Waals surface area (Å²) in [6.45, 7) is 9.56. The zero-order valence-corrected chi connectivity index (χ0v) is 15.3. The van der Waals surface area contributed by atoms with E-state index in [1.807, 2.05) is 46.0 Å². The van der Waals surface area contributed by atoms with E-state index in [1.54, 1.807) is 18.5 Å². The van der Waals surface area contributed by atoms with Crippen LogP contribution in [0.4, 0.5) is 0 Å². The van der Waals surface area contributed by atoms with E-state index >= 15 is 0 Å². The number of nitrogens with one attached hydrogen (secondary N) is 1. The van der Waals surface area contributed by atoms with E-state index < -0.39 is 5.60 Å². The number of aromatic nitrogens is 3. The molecule has 6 nitrogen and oxygen atoms in total. The lowest BCUT2D eigenvalue weighted by Crippen LogP contribution is -2.48. The Morgan fingerprint density at radius 2 is 2.08 bits per heavy atom. The van der Waals surface area contributed by atoms with Crippen molar-refractivity contribution in [3.63, 3.8) is 0 Å². The van der Waals surface area contributed by atoms with E-state index in [-0.39, 0.29) is 11.9 Å². The molecule has 1 aromatic carbocycles. The normalized spacial score (nSPS) is 12.8. The summed E-state index contributed by atoms with van der Waals surface area (Å²) in [4.78, 5) is 17.0. The molecule has 0 radical (unpaired) electrons. The highest BCUT2D eigenvalue weighted by Gasteiger charge is 2.33. The minimum atomic E-state index is -0.995. The molecule has 0 saturated heterocycles. The SMILES string of the molecule is CCC(NC(=O)C(C)(C)Oc1cccc(C)c1C)c1ncnn1C. The number of rotatable bonds is 6. The molecule has 6 heteroatoms. The van der Waals surface area contributed by atoms with Gasteiger partial charge < -0.3 is 10.1 Å². The third-order valence-electron chi connectivity index (χ3n) is 4.24. The fraction of sp³-hybridized carbons (Fsp3) is 0.500. The molecule has 0 aliphatic carbocycles. The second-order valence-corrected chi connectivity index (χ2v) is 6.49. The third-order valence-corrected chi connectivity index (χ3v) is 4.24. The number of hydrogen-bond donors (Lipinski definition) is 1. The van der Waals surface area contributed by atoms with Crippen LogP contribution in [0.25, 0.3) is 0 Å². The quantitative estimate of drug-likeness (QED) is 0.884. The molecule has 2 aromatic rings. The molecule has 1 atom stereocenters. The Morgan fingerprint density at radius 1 is 1.38 bits per heavy atom. The van der Waals surface area contributed by atoms with E-state index in [9.17, 15) is 4.79 Å². The van der Waals surface area contributed by atoms with Crippen molar-refractivity contribution in [3.8, 4) is 5.75 Å². The Balaban J connectivity index is 2.15. The van der Waals surface area contributed by atoms with Crippen molar-refractivity contribution >= 4 is 5.91 Å². The highest BCUT2D eigenvalue weighted by molar-refractivity contribution is 5.85. The van der Waals surface area contributed by atoms with E-state index in [0.717, 1.165) is 29.1 Å². The summed E-state index contributed by atoms with van der Waals surface area (Å²) in [7, 11) is 1.81. The van der Waals surface area contributed by atoms with Gasteiger partial charge in [-0.2, -0.15) is 5.10 Å². The molecule has 1 amide bonds. The van der Waals surface area contributed by atoms with Gasteiger partial charge in [0.2, 0.25) is 0 Å². The van der Waals surface area contributed by atoms with Crippen LogP contribution in [-0.2, 0) is 11.8 Å². The summed E-state index contributed by atoms with van der Waals surface area (Å²) < 4.78 is 7.69. The van der Waals surface area contributed by atoms with Gasteiger partial charge in [-0.15, -0.1) is 0 Å². The maximum Gasteiger partial charge on any atom is 0.264 e. The number of aryl methyl sites for hydroxylation is 2. The highest BCUT2D eigenvalue weighted by Crippen LogP contribution is 2.26. The summed E-state index contributed by atoms with van der Waals surface area (Å²) in [5.74, 6) is 1.27. The van der Waals surface area contributed by atoms with Crippen molar-refractivity contribution in [2.45, 2.75) is 52.7 Å². The fourth-order valence-electron chi connectivity index (χ4n) is 2.46. The summed E-state index contributed by atoms with van der Waals surface area (Å²) in [5, 5.41) is 7.08. The second kappa shape index (κ2) is 7.03. The summed E-state index contributed by atoms with van der Waals surface area (Å²) in [6, 6.07) is 5.64. The largest absolute Gasteiger partial charge is 0.478 e. The van der Waals surface area contributed by atoms with Crippen LogP contribution in [0.5, 0.6) is 5.75 Å². The first kappa shape index (κ1) is 18.0. The smallest absolute Gasteiger partial charge is 0.264 e. The van der Waals surface area contributed by atoms with Gasteiger partial charge in [0.05, 0.1) is 6.04 Å². The van der Waals surface area contributed by atoms with Gasteiger partial charge in [-0.1, -0.05) is 19.1 Å². The van der Waals surface area contributed by atoms with Crippen molar-refractivity contribution in [1.29, 1.82) is 0 Å². The molecule has 24 heavy (non-hydrogen) atoms. The minimum absolute atomic E-state index is 0.182. The van der Waals surface area contributed by atoms with Crippen LogP contribution in [-0.4, -0.2) is 26.3 Å². The van der Waals surface area contributed by atoms with Gasteiger partial charge in [-0.3, -0.25) is 9.48 Å². The zero-order valence-electron chi connectivity index (χ0n) is 15.3. The molecule has 130 valence electrons. The maximum absolute atomic E-state index is 12.7. The molecule has 0 aliphatic heterocycles. The number of amides is 1. The molecule has 0 saturated carbocycles. The zero-order chi connectivity index (χ0) is 17.9. The van der Waals surface area contributed by atoms with Gasteiger partial charge in [-0.05, 0) is 51.3 Å². The van der Waals surface area contributed by atoms with Crippen molar-refractivity contribution in [1.82, 2.24) is 20.1 Å². The van der Waals surface area contributed by atoms with E-state index in [0.29, 0.717) is 0 Å². The lowest BCUT2D eigenvalue weighted by atomic mass is 10.1. The van der Waals surface area contributed by atoms with E-state index in [1.165, 1.54) is 6.33 Å². The van der Waals surface area contributed by atoms with Crippen molar-refractivity contribution in [2.75, 3.05) is 0 Å². The molecule has 2 rings (SSSR count). The Hall–Kier alpha value is -2.37. The lowest BCUT2D eigenvalue weighted by molar-refractivity contribution is -0.135. The second-order valence-electron chi connectivity index (χ2n) is 6.49. The van der Waals surface area contributed by atoms with Crippen LogP contribution in [0, 0.1) is 13.8 Å². The number of carbonyl (C=O) groups excluding carboxylic acids is 1. The molecule has 1 unspecified atom stereocenters. The molecular formula is C18H26N4O2. The molecule has 0 aliphatic rings. The van der Waals surface area contributed by atoms with Crippen LogP contribution in [0.3, 0.4) is 0 Å². The molecular weight excluding hydrogens is 304 g/mol. The standard InChI is InChI=1S/C18H26N4O2/c1-7-14(16-19-11-20-22(16)6)21-17(23)18(4,5)24-15-10-8-9-12(2)13(15)3/h8-11,14H,7H2,1-6H3,(H,21,23). The Labute approximate surface area is 143 Å². The van der Waals surface area contributed by atoms with Crippen molar-refractivity contribution in [2.24, 2.45) is 7.05 Å². The van der Waals surface area contributed by atoms with Gasteiger partial charge in [-0.25, -0.2) is 4.98 Å². The molecule has 0 fully saturated rings. The summed E-state index contributed by atoms with van der Waals surface area (Å²) >= 11 is 0. The van der Waals surface area contributed by atoms with Gasteiger partial charge in [0.25, 0.3) is 5.91 Å². The van der Waals surface area contributed by atoms with Crippen LogP contribution >= 0.6 is 0 Å². The van der Waals surface area contributed by atoms with Gasteiger partial charge in [0.1, 0.15) is 17.9 Å². The van der Waals surface area contributed by atoms with Gasteiger partial charge in [0.15, 0.2) is 5.60 Å². The molecule has 1 N–H and O–H groups in total. The monoisotopic (exact) mass is 330 g/mol. The van der Waals surface area contributed by atoms with Gasteiger partial charge in [0, 0.05) is 7.05 Å². The number of carbonyl (C=O) groups is 1. The predicted molar refractivity (Wildman–Crippen MR) is 92.8 cm³/mol. The Morgan fingerprint density at radius 3 is 2.67 bits per heavy atom. The number of benzene rings is 1. The first-order valence-electron chi connectivity index (χ1n) is 8.16. The number of ether oxygens (including phenoxy) is 1. The maximum atomic E-state index is 12.7. The average molecular weight is 330 g/mol. The molecule has 0 bridgehead atoms. The topological polar surface area (TPSA) is 69.0 Å². The lowest BCUT2D eigenvalue weighted by Gasteiger charge is -2.28. The van der Waals surface area contributed by atoms with Crippen LogP contribution in [0.1, 0.15) is 50.2 Å². The van der Waals surface area contributed by atoms with Crippen molar-refractivity contribution in [3.05, 3.63) is 41.5 Å². The van der Waals surface area contributed by atoms with Crippen LogP contribution in [0.2, 0.25) is 0 Å². The summed E-state index contributed by atoms with van der Waals surface area (Å²) in [5.41, 5.74) is 1.18. The Bertz CT molecular complexity index is 722. The molecule has 1 heterocycles. The minimum Gasteiger partial charge on any atom is -0.478 e. The number of nitrogens with zero attached hydrogens (tertiary/aromatic N) is 3. The molecule has 1 aromatic heterocycles. The fourth-order valence-corrected chi connectivity index (χ4v) is 2.46. The average Bonchev–Trinajstić information content (AvgIpc) is 2.95. The van der Waals surface area contributed by atoms with E-state index in [2.05, 4.69) is 15.4 Å². The predicted octanol–water partition coefficient (Wildman–Crippen LogP) is 2.86. The molecule has 0 spiro atoms.